The molecular formula is C90H156. The molecule has 16 unspecified atom stereocenters. The van der Waals surface area contributed by atoms with Crippen LogP contribution in [0.4, 0.5) is 0 Å². The molecule has 0 aromatic carbocycles. The van der Waals surface area contributed by atoms with Crippen molar-refractivity contribution in [3.8, 4) is 0 Å². The van der Waals surface area contributed by atoms with E-state index in [1.807, 2.05) is 0 Å². The topological polar surface area (TPSA) is 0 Å². The summed E-state index contributed by atoms with van der Waals surface area (Å²) in [5.41, 5.74) is 3.32. The first-order valence-corrected chi connectivity index (χ1v) is 43.8. The second-order valence-electron chi connectivity index (χ2n) is 40.5. The Morgan fingerprint density at radius 1 is 0.178 bits per heavy atom. The lowest BCUT2D eigenvalue weighted by Crippen LogP contribution is -2.50. The summed E-state index contributed by atoms with van der Waals surface area (Å²) in [6.07, 6.45) is 87.1. The molecule has 19 rings (SSSR count). The Labute approximate surface area is 562 Å². The lowest BCUT2D eigenvalue weighted by Gasteiger charge is -2.61. The van der Waals surface area contributed by atoms with Gasteiger partial charge in [0.05, 0.1) is 0 Å². The van der Waals surface area contributed by atoms with E-state index in [0.29, 0.717) is 0 Å². The third-order valence-electron chi connectivity index (χ3n) is 35.1. The first kappa shape index (κ1) is 68.5. The van der Waals surface area contributed by atoms with Gasteiger partial charge in [0.1, 0.15) is 0 Å². The maximum absolute atomic E-state index is 2.52. The van der Waals surface area contributed by atoms with Crippen LogP contribution in [0, 0.1) is 158 Å². The van der Waals surface area contributed by atoms with Crippen molar-refractivity contribution < 1.29 is 0 Å². The molecule has 4 bridgehead atoms. The van der Waals surface area contributed by atoms with E-state index in [2.05, 4.69) is 48.5 Å². The molecule has 0 nitrogen and oxygen atoms in total. The molecule has 2 spiro atoms. The zero-order chi connectivity index (χ0) is 61.9. The zero-order valence-electron chi connectivity index (χ0n) is 61.9. The quantitative estimate of drug-likeness (QED) is 0.227. The summed E-state index contributed by atoms with van der Waals surface area (Å²) in [6, 6.07) is 0. The van der Waals surface area contributed by atoms with Gasteiger partial charge in [-0.25, -0.2) is 0 Å². The van der Waals surface area contributed by atoms with Gasteiger partial charge in [0.15, 0.2) is 0 Å². The molecular weight excluding hydrogens is 1080 g/mol. The minimum absolute atomic E-state index is 0.821. The van der Waals surface area contributed by atoms with Gasteiger partial charge in [-0.1, -0.05) is 222 Å². The van der Waals surface area contributed by atoms with E-state index in [4.69, 9.17) is 0 Å². The van der Waals surface area contributed by atoms with Gasteiger partial charge in [-0.15, -0.1) is 0 Å². The van der Waals surface area contributed by atoms with Crippen LogP contribution in [0.1, 0.15) is 408 Å². The highest BCUT2D eigenvalue weighted by Crippen LogP contribution is 2.67. The van der Waals surface area contributed by atoms with E-state index in [1.165, 1.54) is 164 Å². The van der Waals surface area contributed by atoms with Crippen molar-refractivity contribution in [2.45, 2.75) is 408 Å². The number of rotatable bonds is 0. The van der Waals surface area contributed by atoms with Crippen molar-refractivity contribution >= 4 is 0 Å². The first-order chi connectivity index (χ1) is 43.8. The van der Waals surface area contributed by atoms with Crippen molar-refractivity contribution in [3.05, 3.63) is 0 Å². The predicted molar refractivity (Wildman–Crippen MR) is 388 cm³/mol. The molecule has 0 aliphatic heterocycles. The van der Waals surface area contributed by atoms with Gasteiger partial charge in [-0.2, -0.15) is 0 Å². The Hall–Kier alpha value is 0. The average Bonchev–Trinajstić information content (AvgIpc) is 1.45. The Kier molecular flexibility index (Phi) is 23.6. The third kappa shape index (κ3) is 15.5. The summed E-state index contributed by atoms with van der Waals surface area (Å²) in [6.45, 7) is 17.4. The second kappa shape index (κ2) is 31.0. The van der Waals surface area contributed by atoms with E-state index in [0.717, 1.165) is 128 Å². The summed E-state index contributed by atoms with van der Waals surface area (Å²) < 4.78 is 0. The van der Waals surface area contributed by atoms with Crippen molar-refractivity contribution in [1.82, 2.24) is 0 Å². The highest BCUT2D eigenvalue weighted by Gasteiger charge is 2.56. The molecule has 19 saturated carbocycles. The lowest BCUT2D eigenvalue weighted by molar-refractivity contribution is -0.105. The molecule has 516 valence electrons. The van der Waals surface area contributed by atoms with E-state index in [9.17, 15) is 0 Å². The Bertz CT molecular complexity index is 2100. The smallest absolute Gasteiger partial charge is 0.0238 e. The molecule has 90 heavy (non-hydrogen) atoms. The molecule has 0 radical (unpaired) electrons. The van der Waals surface area contributed by atoms with Gasteiger partial charge in [0, 0.05) is 0 Å². The number of hydrogen-bond donors (Lipinski definition) is 0. The zero-order valence-corrected chi connectivity index (χ0v) is 61.9. The van der Waals surface area contributed by atoms with Crippen LogP contribution in [0.25, 0.3) is 0 Å². The van der Waals surface area contributed by atoms with Crippen LogP contribution in [-0.4, -0.2) is 0 Å². The van der Waals surface area contributed by atoms with Crippen molar-refractivity contribution in [3.63, 3.8) is 0 Å². The van der Waals surface area contributed by atoms with Crippen LogP contribution in [0.15, 0.2) is 0 Å². The minimum Gasteiger partial charge on any atom is -0.0625 e. The van der Waals surface area contributed by atoms with E-state index < -0.39 is 0 Å². The van der Waals surface area contributed by atoms with Crippen LogP contribution in [-0.2, 0) is 0 Å². The maximum Gasteiger partial charge on any atom is -0.0238 e. The van der Waals surface area contributed by atoms with Gasteiger partial charge in [0.25, 0.3) is 0 Å². The van der Waals surface area contributed by atoms with E-state index in [1.54, 1.807) is 225 Å². The van der Waals surface area contributed by atoms with Gasteiger partial charge in [-0.05, 0) is 344 Å². The molecule has 0 amide bonds. The van der Waals surface area contributed by atoms with E-state index >= 15 is 0 Å². The summed E-state index contributed by atoms with van der Waals surface area (Å²) in [4.78, 5) is 0. The molecule has 19 aliphatic carbocycles. The fraction of sp³-hybridized carbons (Fsp3) is 1.00. The fourth-order valence-corrected chi connectivity index (χ4v) is 30.9. The molecule has 0 heterocycles. The number of hydrogen-bond acceptors (Lipinski definition) is 0. The molecule has 0 saturated heterocycles. The molecule has 0 aromatic heterocycles. The Morgan fingerprint density at radius 2 is 0.578 bits per heavy atom. The van der Waals surface area contributed by atoms with Crippen LogP contribution in [0.5, 0.6) is 0 Å². The molecule has 0 N–H and O–H groups in total. The highest BCUT2D eigenvalue weighted by molar-refractivity contribution is 5.07. The van der Waals surface area contributed by atoms with Gasteiger partial charge >= 0.3 is 0 Å². The van der Waals surface area contributed by atoms with Gasteiger partial charge in [0.2, 0.25) is 0 Å². The standard InChI is InChI=1S/2C15H26.C14H24.C12H20.C12H22.C11H18.C11H20/c1-13-6-11-14-7-2-4-9-15(14,12-13)10-5-3-8-14;1-11-6-7-14-9-12-4-2-3-5-13(12)10-15(14)8-11;1-10-5-4-8-13-12-7-3-2-6-11(12)9-14(10)13;1-8-6-9-7-12(8)11-5-3-2-4-10(9)11;1-11-6-5-9-12(10-11)7-3-2-4-8-12;1-7-5-8-6-11(7)10-4-2-3-9(8)10;1-10-5-8-11(9-10)6-3-2-4-7-11/h13H,2-12H2,1H3;11-15H,2-10H2,1H3;10-14H,2-9H2,1H3;8-12H,2-7H2,1H3;11H,2-10H2,1H3;7-11H,2-6H2,1H3;10H,2-9H2,1H3/t13-,14?,15?;11-,12?,13?,14?,15?;10-,11?,12?,13?,14?;8-,9?,10?,11?,12?;11-;7-,8?,9?,10?,11?;10-/m1111111/s1. The second-order valence-corrected chi connectivity index (χ2v) is 40.5. The van der Waals surface area contributed by atoms with Crippen LogP contribution in [0.3, 0.4) is 0 Å². The summed E-state index contributed by atoms with van der Waals surface area (Å²) in [5.74, 6) is 25.9. The summed E-state index contributed by atoms with van der Waals surface area (Å²) >= 11 is 0. The van der Waals surface area contributed by atoms with Crippen LogP contribution in [0.2, 0.25) is 0 Å². The monoisotopic (exact) mass is 1240 g/mol. The van der Waals surface area contributed by atoms with Crippen molar-refractivity contribution in [1.29, 1.82) is 0 Å². The Balaban J connectivity index is 0.0000000966. The van der Waals surface area contributed by atoms with Crippen molar-refractivity contribution in [2.24, 2.45) is 158 Å². The van der Waals surface area contributed by atoms with Crippen LogP contribution < -0.4 is 0 Å². The highest BCUT2D eigenvalue weighted by atomic mass is 14.6. The Morgan fingerprint density at radius 3 is 1.14 bits per heavy atom. The van der Waals surface area contributed by atoms with E-state index in [-0.39, 0.29) is 0 Å². The number of fused-ring (bicyclic) bond motifs is 15. The predicted octanol–water partition coefficient (Wildman–Crippen LogP) is 28.3. The molecule has 19 fully saturated rings. The lowest BCUT2D eigenvalue weighted by atomic mass is 9.44. The SMILES string of the molecule is C[C@@H]1CC2CC1C1CCCC21.C[C@@H]1CC2CC1C1CCCCC21.C[C@@H]1CCC2(CCCCC2)C1.C[C@@H]1CCC23CCCCC2(CCCC3)C1.C[C@@H]1CCC2CC3CCCCC3CC2C1.C[C@@H]1CCCC2(CCCCC2)C1.C[C@@H]1CCCC2C3CCCCC3CC21. The summed E-state index contributed by atoms with van der Waals surface area (Å²) in [5, 5.41) is 0. The molecule has 0 heteroatoms. The average molecular weight is 1240 g/mol. The third-order valence-corrected chi connectivity index (χ3v) is 35.1. The molecule has 19 aliphatic rings. The normalized spacial score (nSPS) is 49.2. The molecule has 23 atom stereocenters. The van der Waals surface area contributed by atoms with Crippen LogP contribution >= 0.6 is 0 Å². The summed E-state index contributed by atoms with van der Waals surface area (Å²) in [7, 11) is 0. The first-order valence-electron chi connectivity index (χ1n) is 43.8. The maximum atomic E-state index is 2.52. The minimum atomic E-state index is 0.821. The molecule has 0 aromatic rings. The fourth-order valence-electron chi connectivity index (χ4n) is 30.9. The van der Waals surface area contributed by atoms with Gasteiger partial charge in [-0.3, -0.25) is 0 Å². The van der Waals surface area contributed by atoms with Gasteiger partial charge < -0.3 is 0 Å². The largest absolute Gasteiger partial charge is 0.0625 e. The van der Waals surface area contributed by atoms with Crippen molar-refractivity contribution in [2.75, 3.05) is 0 Å².